The van der Waals surface area contributed by atoms with Crippen LogP contribution in [0.1, 0.15) is 43.0 Å². The number of ether oxygens (including phenoxy) is 1. The smallest absolute Gasteiger partial charge is 0.0881 e. The van der Waals surface area contributed by atoms with E-state index in [2.05, 4.69) is 21.7 Å². The summed E-state index contributed by atoms with van der Waals surface area (Å²) in [5.74, 6) is 0. The van der Waals surface area contributed by atoms with Gasteiger partial charge in [-0.15, -0.1) is 0 Å². The molecule has 0 amide bonds. The van der Waals surface area contributed by atoms with Crippen LogP contribution >= 0.6 is 0 Å². The van der Waals surface area contributed by atoms with E-state index in [4.69, 9.17) is 4.74 Å². The summed E-state index contributed by atoms with van der Waals surface area (Å²) in [4.78, 5) is 2.60. The maximum Gasteiger partial charge on any atom is 0.0881 e. The Labute approximate surface area is 120 Å². The van der Waals surface area contributed by atoms with Crippen LogP contribution < -0.4 is 0 Å². The average Bonchev–Trinajstić information content (AvgIpc) is 3.06. The number of morpholine rings is 1. The number of aliphatic hydroxyl groups excluding tert-OH is 1. The van der Waals surface area contributed by atoms with Crippen molar-refractivity contribution in [1.82, 2.24) is 9.47 Å². The minimum atomic E-state index is -0.254. The summed E-state index contributed by atoms with van der Waals surface area (Å²) in [5, 5.41) is 10.1. The van der Waals surface area contributed by atoms with Gasteiger partial charge in [0, 0.05) is 36.6 Å². The maximum absolute atomic E-state index is 10.1. The van der Waals surface area contributed by atoms with Crippen LogP contribution in [-0.2, 0) is 17.7 Å². The lowest BCUT2D eigenvalue weighted by atomic mass is 9.95. The quantitative estimate of drug-likeness (QED) is 0.894. The summed E-state index contributed by atoms with van der Waals surface area (Å²) in [6.45, 7) is 4.15. The van der Waals surface area contributed by atoms with Crippen LogP contribution in [0.5, 0.6) is 0 Å². The summed E-state index contributed by atoms with van der Waals surface area (Å²) in [6.07, 6.45) is 7.92. The second-order valence-electron chi connectivity index (χ2n) is 6.52. The van der Waals surface area contributed by atoms with E-state index in [-0.39, 0.29) is 6.10 Å². The number of fused-ring (bicyclic) bond motifs is 2. The molecule has 2 saturated heterocycles. The van der Waals surface area contributed by atoms with E-state index in [1.165, 1.54) is 25.1 Å². The van der Waals surface area contributed by atoms with Gasteiger partial charge in [0.2, 0.25) is 0 Å². The van der Waals surface area contributed by atoms with E-state index >= 15 is 0 Å². The molecule has 3 aliphatic rings. The van der Waals surface area contributed by atoms with Crippen molar-refractivity contribution in [3.05, 3.63) is 23.5 Å². The molecule has 20 heavy (non-hydrogen) atoms. The first-order chi connectivity index (χ1) is 9.81. The molecule has 2 fully saturated rings. The Kier molecular flexibility index (Phi) is 3.33. The number of hydrogen-bond acceptors (Lipinski definition) is 3. The molecule has 1 aromatic heterocycles. The van der Waals surface area contributed by atoms with Crippen molar-refractivity contribution in [3.63, 3.8) is 0 Å². The van der Waals surface area contributed by atoms with E-state index in [1.54, 1.807) is 0 Å². The van der Waals surface area contributed by atoms with Crippen molar-refractivity contribution in [2.24, 2.45) is 0 Å². The Morgan fingerprint density at radius 1 is 1.30 bits per heavy atom. The molecule has 0 radical (unpaired) electrons. The zero-order chi connectivity index (χ0) is 13.5. The molecule has 1 N–H and O–H groups in total. The van der Waals surface area contributed by atoms with Crippen molar-refractivity contribution in [2.45, 2.75) is 56.9 Å². The van der Waals surface area contributed by atoms with E-state index in [0.29, 0.717) is 12.1 Å². The fourth-order valence-electron chi connectivity index (χ4n) is 4.12. The maximum atomic E-state index is 10.1. The van der Waals surface area contributed by atoms with Crippen LogP contribution in [-0.4, -0.2) is 46.4 Å². The molecule has 0 saturated carbocycles. The highest BCUT2D eigenvalue weighted by Gasteiger charge is 2.32. The predicted molar refractivity (Wildman–Crippen MR) is 76.7 cm³/mol. The lowest BCUT2D eigenvalue weighted by Crippen LogP contribution is -2.47. The normalized spacial score (nSPS) is 34.0. The second-order valence-corrected chi connectivity index (χ2v) is 6.52. The molecule has 0 bridgehead atoms. The van der Waals surface area contributed by atoms with Gasteiger partial charge in [0.05, 0.1) is 18.8 Å². The summed E-state index contributed by atoms with van der Waals surface area (Å²) in [6, 6.07) is 2.77. The third-order valence-corrected chi connectivity index (χ3v) is 5.23. The second kappa shape index (κ2) is 5.17. The first kappa shape index (κ1) is 12.9. The molecule has 4 rings (SSSR count). The van der Waals surface area contributed by atoms with Crippen LogP contribution in [0.2, 0.25) is 0 Å². The van der Waals surface area contributed by atoms with E-state index < -0.39 is 0 Å². The molecule has 4 heteroatoms. The van der Waals surface area contributed by atoms with E-state index in [9.17, 15) is 5.11 Å². The molecule has 2 aliphatic heterocycles. The Bertz CT molecular complexity index is 485. The molecule has 4 nitrogen and oxygen atoms in total. The average molecular weight is 276 g/mol. The third kappa shape index (κ3) is 2.20. The van der Waals surface area contributed by atoms with Gasteiger partial charge < -0.3 is 14.4 Å². The van der Waals surface area contributed by atoms with Crippen molar-refractivity contribution in [3.8, 4) is 0 Å². The highest BCUT2D eigenvalue weighted by atomic mass is 16.5. The molecular weight excluding hydrogens is 252 g/mol. The Balaban J connectivity index is 1.47. The highest BCUT2D eigenvalue weighted by Crippen LogP contribution is 2.31. The zero-order valence-electron chi connectivity index (χ0n) is 12.0. The van der Waals surface area contributed by atoms with Gasteiger partial charge >= 0.3 is 0 Å². The first-order valence-electron chi connectivity index (χ1n) is 8.03. The predicted octanol–water partition coefficient (Wildman–Crippen LogP) is 1.72. The van der Waals surface area contributed by atoms with Crippen LogP contribution in [0, 0.1) is 0 Å². The SMILES string of the molecule is OC1CCCc2c1ccn2CC1CN2CCCC2CO1. The lowest BCUT2D eigenvalue weighted by molar-refractivity contribution is -0.0554. The van der Waals surface area contributed by atoms with Crippen molar-refractivity contribution < 1.29 is 9.84 Å². The number of hydrogen-bond donors (Lipinski definition) is 1. The van der Waals surface area contributed by atoms with Gasteiger partial charge in [-0.1, -0.05) is 0 Å². The van der Waals surface area contributed by atoms with Crippen LogP contribution in [0.4, 0.5) is 0 Å². The van der Waals surface area contributed by atoms with Gasteiger partial charge in [-0.05, 0) is 44.7 Å². The monoisotopic (exact) mass is 276 g/mol. The molecule has 3 atom stereocenters. The molecular formula is C16H24N2O2. The molecule has 0 spiro atoms. The topological polar surface area (TPSA) is 37.6 Å². The molecule has 1 aliphatic carbocycles. The lowest BCUT2D eigenvalue weighted by Gasteiger charge is -2.35. The van der Waals surface area contributed by atoms with Gasteiger partial charge in [0.15, 0.2) is 0 Å². The van der Waals surface area contributed by atoms with Crippen molar-refractivity contribution >= 4 is 0 Å². The van der Waals surface area contributed by atoms with E-state index in [1.807, 2.05) is 0 Å². The van der Waals surface area contributed by atoms with Crippen molar-refractivity contribution in [2.75, 3.05) is 19.7 Å². The van der Waals surface area contributed by atoms with Gasteiger partial charge in [-0.25, -0.2) is 0 Å². The highest BCUT2D eigenvalue weighted by molar-refractivity contribution is 5.27. The van der Waals surface area contributed by atoms with Crippen LogP contribution in [0.25, 0.3) is 0 Å². The summed E-state index contributed by atoms with van der Waals surface area (Å²) < 4.78 is 8.38. The van der Waals surface area contributed by atoms with Gasteiger partial charge in [0.1, 0.15) is 0 Å². The number of aromatic nitrogens is 1. The van der Waals surface area contributed by atoms with Gasteiger partial charge in [-0.3, -0.25) is 4.90 Å². The van der Waals surface area contributed by atoms with Crippen LogP contribution in [0.15, 0.2) is 12.3 Å². The summed E-state index contributed by atoms with van der Waals surface area (Å²) in [7, 11) is 0. The fraction of sp³-hybridized carbons (Fsp3) is 0.750. The standard InChI is InChI=1S/C16H24N2O2/c19-16-5-1-4-15-14(16)6-8-18(15)10-13-9-17-7-2-3-12(17)11-20-13/h6,8,12-13,16,19H,1-5,7,9-11H2. The molecule has 3 heterocycles. The number of aliphatic hydroxyl groups is 1. The molecule has 110 valence electrons. The Morgan fingerprint density at radius 2 is 2.25 bits per heavy atom. The summed E-state index contributed by atoms with van der Waals surface area (Å²) >= 11 is 0. The van der Waals surface area contributed by atoms with Gasteiger partial charge in [0.25, 0.3) is 0 Å². The third-order valence-electron chi connectivity index (χ3n) is 5.23. The fourth-order valence-corrected chi connectivity index (χ4v) is 4.12. The molecule has 0 aromatic carbocycles. The largest absolute Gasteiger partial charge is 0.388 e. The zero-order valence-corrected chi connectivity index (χ0v) is 12.0. The Hall–Kier alpha value is -0.840. The molecule has 1 aromatic rings. The van der Waals surface area contributed by atoms with E-state index in [0.717, 1.165) is 44.5 Å². The number of rotatable bonds is 2. The van der Waals surface area contributed by atoms with Crippen molar-refractivity contribution in [1.29, 1.82) is 0 Å². The minimum absolute atomic E-state index is 0.254. The number of nitrogens with zero attached hydrogens (tertiary/aromatic N) is 2. The Morgan fingerprint density at radius 3 is 3.20 bits per heavy atom. The van der Waals surface area contributed by atoms with Crippen LogP contribution in [0.3, 0.4) is 0 Å². The first-order valence-corrected chi connectivity index (χ1v) is 8.03. The van der Waals surface area contributed by atoms with Gasteiger partial charge in [-0.2, -0.15) is 0 Å². The summed E-state index contributed by atoms with van der Waals surface area (Å²) in [5.41, 5.74) is 2.47. The molecule has 3 unspecified atom stereocenters. The minimum Gasteiger partial charge on any atom is -0.388 e.